The van der Waals surface area contributed by atoms with Crippen molar-refractivity contribution in [2.75, 3.05) is 25.3 Å². The largest absolute Gasteiger partial charge is 0.493 e. The number of carbonyl (C=O) groups is 2. The summed E-state index contributed by atoms with van der Waals surface area (Å²) in [6, 6.07) is 2.46. The Kier molecular flexibility index (Phi) is 5.33. The Hall–Kier alpha value is -2.29. The standard InChI is InChI=1S/C15H19NO7S/c1-22-11-8-9(15(18)19)7-10(13(11)23-2)16-14(17)12-5-3-4-6-24(12,20)21/h7-8,12H,3-6H2,1-2H3,(H,16,17)(H,18,19). The van der Waals surface area contributed by atoms with Crippen LogP contribution in [0.3, 0.4) is 0 Å². The van der Waals surface area contributed by atoms with Gasteiger partial charge in [-0.2, -0.15) is 0 Å². The van der Waals surface area contributed by atoms with E-state index in [-0.39, 0.29) is 34.9 Å². The number of amides is 1. The van der Waals surface area contributed by atoms with E-state index in [4.69, 9.17) is 14.6 Å². The number of carbonyl (C=O) groups excluding carboxylic acids is 1. The Balaban J connectivity index is 2.38. The molecule has 1 fully saturated rings. The van der Waals surface area contributed by atoms with E-state index in [0.717, 1.165) is 0 Å². The molecule has 2 rings (SSSR count). The number of carboxylic acids is 1. The number of ether oxygens (including phenoxy) is 2. The van der Waals surface area contributed by atoms with Gasteiger partial charge in [0.1, 0.15) is 5.25 Å². The Labute approximate surface area is 139 Å². The van der Waals surface area contributed by atoms with Gasteiger partial charge in [-0.1, -0.05) is 6.42 Å². The second kappa shape index (κ2) is 7.08. The van der Waals surface area contributed by atoms with E-state index < -0.39 is 27.0 Å². The number of carboxylic acid groups (broad SMARTS) is 1. The molecule has 2 N–H and O–H groups in total. The highest BCUT2D eigenvalue weighted by Gasteiger charge is 2.35. The van der Waals surface area contributed by atoms with Crippen LogP contribution in [0, 0.1) is 0 Å². The smallest absolute Gasteiger partial charge is 0.335 e. The molecular weight excluding hydrogens is 338 g/mol. The second-order valence-corrected chi connectivity index (χ2v) is 7.71. The van der Waals surface area contributed by atoms with Gasteiger partial charge in [-0.15, -0.1) is 0 Å². The second-order valence-electron chi connectivity index (χ2n) is 5.41. The van der Waals surface area contributed by atoms with Crippen molar-refractivity contribution in [3.8, 4) is 11.5 Å². The Bertz CT molecular complexity index is 757. The van der Waals surface area contributed by atoms with E-state index in [1.54, 1.807) is 0 Å². The van der Waals surface area contributed by atoms with Crippen LogP contribution in [0.15, 0.2) is 12.1 Å². The molecule has 0 aliphatic carbocycles. The van der Waals surface area contributed by atoms with Gasteiger partial charge in [0.15, 0.2) is 21.3 Å². The topological polar surface area (TPSA) is 119 Å². The lowest BCUT2D eigenvalue weighted by Crippen LogP contribution is -2.39. The van der Waals surface area contributed by atoms with Crippen molar-refractivity contribution in [3.05, 3.63) is 17.7 Å². The molecule has 9 heteroatoms. The molecule has 1 amide bonds. The normalized spacial score (nSPS) is 19.3. The highest BCUT2D eigenvalue weighted by molar-refractivity contribution is 7.92. The molecule has 0 spiro atoms. The van der Waals surface area contributed by atoms with Crippen molar-refractivity contribution in [1.82, 2.24) is 0 Å². The molecule has 1 aliphatic rings. The van der Waals surface area contributed by atoms with Gasteiger partial charge < -0.3 is 19.9 Å². The summed E-state index contributed by atoms with van der Waals surface area (Å²) in [5, 5.41) is 10.5. The van der Waals surface area contributed by atoms with Gasteiger partial charge in [-0.05, 0) is 25.0 Å². The number of rotatable bonds is 5. The third kappa shape index (κ3) is 3.61. The molecule has 0 saturated carbocycles. The highest BCUT2D eigenvalue weighted by Crippen LogP contribution is 2.37. The number of benzene rings is 1. The summed E-state index contributed by atoms with van der Waals surface area (Å²) in [5.41, 5.74) is -0.0607. The summed E-state index contributed by atoms with van der Waals surface area (Å²) in [7, 11) is -0.832. The van der Waals surface area contributed by atoms with Crippen LogP contribution in [0.1, 0.15) is 29.6 Å². The van der Waals surface area contributed by atoms with E-state index >= 15 is 0 Å². The minimum Gasteiger partial charge on any atom is -0.493 e. The van der Waals surface area contributed by atoms with Crippen molar-refractivity contribution >= 4 is 27.4 Å². The fourth-order valence-electron chi connectivity index (χ4n) is 2.64. The molecule has 1 aliphatic heterocycles. The van der Waals surface area contributed by atoms with Crippen LogP contribution in [-0.2, 0) is 14.6 Å². The van der Waals surface area contributed by atoms with E-state index in [0.29, 0.717) is 12.8 Å². The molecule has 1 aromatic carbocycles. The number of hydrogen-bond acceptors (Lipinski definition) is 6. The molecule has 1 heterocycles. The molecule has 1 saturated heterocycles. The fourth-order valence-corrected chi connectivity index (χ4v) is 4.44. The molecule has 132 valence electrons. The van der Waals surface area contributed by atoms with Crippen molar-refractivity contribution in [2.24, 2.45) is 0 Å². The van der Waals surface area contributed by atoms with Gasteiger partial charge in [0.25, 0.3) is 0 Å². The van der Waals surface area contributed by atoms with Gasteiger partial charge in [-0.25, -0.2) is 13.2 Å². The first-order valence-electron chi connectivity index (χ1n) is 7.32. The summed E-state index contributed by atoms with van der Waals surface area (Å²) in [5.74, 6) is -1.68. The van der Waals surface area contributed by atoms with Crippen LogP contribution in [0.4, 0.5) is 5.69 Å². The van der Waals surface area contributed by atoms with Crippen LogP contribution in [0.5, 0.6) is 11.5 Å². The van der Waals surface area contributed by atoms with Crippen LogP contribution < -0.4 is 14.8 Å². The van der Waals surface area contributed by atoms with Gasteiger partial charge >= 0.3 is 5.97 Å². The predicted octanol–water partition coefficient (Wildman–Crippen LogP) is 1.31. The lowest BCUT2D eigenvalue weighted by molar-refractivity contribution is -0.116. The molecule has 0 radical (unpaired) electrons. The number of hydrogen-bond donors (Lipinski definition) is 2. The minimum atomic E-state index is -3.51. The van der Waals surface area contributed by atoms with Crippen LogP contribution >= 0.6 is 0 Å². The lowest BCUT2D eigenvalue weighted by atomic mass is 10.1. The number of anilines is 1. The van der Waals surface area contributed by atoms with Gasteiger partial charge in [-0.3, -0.25) is 4.79 Å². The van der Waals surface area contributed by atoms with Crippen molar-refractivity contribution < 1.29 is 32.6 Å². The van der Waals surface area contributed by atoms with E-state index in [1.807, 2.05) is 0 Å². The number of methoxy groups -OCH3 is 2. The summed E-state index contributed by atoms with van der Waals surface area (Å²) in [6.45, 7) is 0. The van der Waals surface area contributed by atoms with E-state index in [1.165, 1.54) is 26.4 Å². The van der Waals surface area contributed by atoms with Crippen LogP contribution in [0.2, 0.25) is 0 Å². The maximum absolute atomic E-state index is 12.4. The van der Waals surface area contributed by atoms with Crippen LogP contribution in [-0.4, -0.2) is 50.6 Å². The first-order chi connectivity index (χ1) is 11.3. The van der Waals surface area contributed by atoms with Gasteiger partial charge in [0.2, 0.25) is 5.91 Å². The molecule has 1 aromatic rings. The number of aromatic carboxylic acids is 1. The summed E-state index contributed by atoms with van der Waals surface area (Å²) < 4.78 is 34.3. The molecule has 0 aromatic heterocycles. The quantitative estimate of drug-likeness (QED) is 0.815. The van der Waals surface area contributed by atoms with E-state index in [9.17, 15) is 18.0 Å². The summed E-state index contributed by atoms with van der Waals surface area (Å²) >= 11 is 0. The molecular formula is C15H19NO7S. The van der Waals surface area contributed by atoms with Gasteiger partial charge in [0, 0.05) is 0 Å². The van der Waals surface area contributed by atoms with Crippen molar-refractivity contribution in [2.45, 2.75) is 24.5 Å². The first-order valence-corrected chi connectivity index (χ1v) is 9.03. The Morgan fingerprint density at radius 1 is 1.21 bits per heavy atom. The third-order valence-electron chi connectivity index (χ3n) is 3.85. The molecule has 8 nitrogen and oxygen atoms in total. The van der Waals surface area contributed by atoms with Crippen molar-refractivity contribution in [3.63, 3.8) is 0 Å². The predicted molar refractivity (Wildman–Crippen MR) is 86.6 cm³/mol. The van der Waals surface area contributed by atoms with Gasteiger partial charge in [0.05, 0.1) is 31.2 Å². The maximum Gasteiger partial charge on any atom is 0.335 e. The van der Waals surface area contributed by atoms with Crippen LogP contribution in [0.25, 0.3) is 0 Å². The Morgan fingerprint density at radius 2 is 1.92 bits per heavy atom. The number of sulfone groups is 1. The third-order valence-corrected chi connectivity index (χ3v) is 6.03. The molecule has 1 unspecified atom stereocenters. The zero-order chi connectivity index (χ0) is 17.9. The highest BCUT2D eigenvalue weighted by atomic mass is 32.2. The molecule has 24 heavy (non-hydrogen) atoms. The SMILES string of the molecule is COc1cc(C(=O)O)cc(NC(=O)C2CCCCS2(=O)=O)c1OC. The summed E-state index contributed by atoms with van der Waals surface area (Å²) in [4.78, 5) is 23.6. The zero-order valence-corrected chi connectivity index (χ0v) is 14.2. The lowest BCUT2D eigenvalue weighted by Gasteiger charge is -2.22. The minimum absolute atomic E-state index is 0.0271. The number of nitrogens with one attached hydrogen (secondary N) is 1. The molecule has 0 bridgehead atoms. The van der Waals surface area contributed by atoms with E-state index in [2.05, 4.69) is 5.32 Å². The average Bonchev–Trinajstić information content (AvgIpc) is 2.53. The average molecular weight is 357 g/mol. The monoisotopic (exact) mass is 357 g/mol. The molecule has 1 atom stereocenters. The Morgan fingerprint density at radius 3 is 2.46 bits per heavy atom. The fraction of sp³-hybridized carbons (Fsp3) is 0.467. The summed E-state index contributed by atoms with van der Waals surface area (Å²) in [6.07, 6.45) is 1.43. The first kappa shape index (κ1) is 18.1. The maximum atomic E-state index is 12.4. The van der Waals surface area contributed by atoms with Crippen molar-refractivity contribution in [1.29, 1.82) is 0 Å². The zero-order valence-electron chi connectivity index (χ0n) is 13.4.